The number of aromatic amines is 1. The summed E-state index contributed by atoms with van der Waals surface area (Å²) in [5, 5.41) is 13.4. The number of ether oxygens (including phenoxy) is 1. The predicted octanol–water partition coefficient (Wildman–Crippen LogP) is 4.71. The molecule has 0 spiro atoms. The third-order valence-corrected chi connectivity index (χ3v) is 6.58. The van der Waals surface area contributed by atoms with Gasteiger partial charge >= 0.3 is 6.03 Å². The van der Waals surface area contributed by atoms with Gasteiger partial charge in [0.05, 0.1) is 25.3 Å². The first-order valence-corrected chi connectivity index (χ1v) is 12.1. The van der Waals surface area contributed by atoms with Crippen LogP contribution in [0.25, 0.3) is 10.9 Å². The third kappa shape index (κ3) is 4.94. The maximum atomic E-state index is 13.0. The maximum absolute atomic E-state index is 13.0. The molecule has 2 amide bonds. The summed E-state index contributed by atoms with van der Waals surface area (Å²) in [4.78, 5) is 30.5. The van der Waals surface area contributed by atoms with Crippen molar-refractivity contribution < 1.29 is 14.6 Å². The molecule has 0 unspecified atom stereocenters. The van der Waals surface area contributed by atoms with Gasteiger partial charge in [-0.3, -0.25) is 4.79 Å². The van der Waals surface area contributed by atoms with Gasteiger partial charge in [-0.2, -0.15) is 0 Å². The van der Waals surface area contributed by atoms with Crippen LogP contribution in [0.2, 0.25) is 0 Å². The number of carbonyl (C=O) groups is 1. The molecule has 3 N–H and O–H groups in total. The number of H-pyrrole nitrogens is 1. The predicted molar refractivity (Wildman–Crippen MR) is 133 cm³/mol. The van der Waals surface area contributed by atoms with Gasteiger partial charge in [-0.15, -0.1) is 0 Å². The van der Waals surface area contributed by atoms with Crippen molar-refractivity contribution in [1.82, 2.24) is 9.88 Å². The lowest BCUT2D eigenvalue weighted by Crippen LogP contribution is -2.38. The quantitative estimate of drug-likeness (QED) is 0.430. The number of urea groups is 1. The Morgan fingerprint density at radius 3 is 2.50 bits per heavy atom. The molecule has 1 aromatic heterocycles. The lowest BCUT2D eigenvalue weighted by Gasteiger charge is -2.22. The summed E-state index contributed by atoms with van der Waals surface area (Å²) in [6.07, 6.45) is 4.79. The van der Waals surface area contributed by atoms with Gasteiger partial charge in [0, 0.05) is 17.8 Å². The second-order valence-electron chi connectivity index (χ2n) is 9.28. The third-order valence-electron chi connectivity index (χ3n) is 6.58. The molecule has 7 nitrogen and oxygen atoms in total. The number of aromatic nitrogens is 1. The number of aliphatic hydroxyl groups is 1. The van der Waals surface area contributed by atoms with Gasteiger partial charge in [0.1, 0.15) is 5.75 Å². The molecule has 0 bridgehead atoms. The summed E-state index contributed by atoms with van der Waals surface area (Å²) >= 11 is 0. The number of carbonyl (C=O) groups excluding carboxylic acids is 1. The highest BCUT2D eigenvalue weighted by atomic mass is 16.5. The normalized spacial score (nSPS) is 15.4. The smallest absolute Gasteiger partial charge is 0.322 e. The van der Waals surface area contributed by atoms with Crippen LogP contribution >= 0.6 is 0 Å². The fraction of sp³-hybridized carbons (Fsp3) is 0.407. The fourth-order valence-electron chi connectivity index (χ4n) is 4.49. The number of hydrogen-bond donors (Lipinski definition) is 3. The highest BCUT2D eigenvalue weighted by Crippen LogP contribution is 2.47. The molecule has 7 heteroatoms. The first-order valence-electron chi connectivity index (χ1n) is 12.1. The van der Waals surface area contributed by atoms with Crippen LogP contribution in [0, 0.1) is 0 Å². The fourth-order valence-corrected chi connectivity index (χ4v) is 4.49. The van der Waals surface area contributed by atoms with Crippen molar-refractivity contribution in [3.63, 3.8) is 0 Å². The van der Waals surface area contributed by atoms with E-state index in [-0.39, 0.29) is 31.3 Å². The van der Waals surface area contributed by atoms with Gasteiger partial charge < -0.3 is 25.0 Å². The zero-order chi connectivity index (χ0) is 23.7. The zero-order valence-corrected chi connectivity index (χ0v) is 19.5. The molecule has 5 rings (SSSR count). The molecule has 0 aliphatic heterocycles. The van der Waals surface area contributed by atoms with Crippen LogP contribution in [0.5, 0.6) is 5.75 Å². The highest BCUT2D eigenvalue weighted by Gasteiger charge is 2.30. The molecule has 0 saturated heterocycles. The Labute approximate surface area is 198 Å². The standard InChI is InChI=1S/C27H31N3O4/c1-2-34-23-9-7-22(8-10-23)28-27(33)30(11-12-31)16-21-14-20-13-19(17-3-4-17)15-24(18-5-6-18)25(20)29-26(21)32/h7-10,13-15,17-18,31H,2-6,11-12,16H2,1H3,(H,28,33)(H,29,32). The van der Waals surface area contributed by atoms with Crippen molar-refractivity contribution in [1.29, 1.82) is 0 Å². The van der Waals surface area contributed by atoms with Crippen molar-refractivity contribution in [2.75, 3.05) is 25.1 Å². The van der Waals surface area contributed by atoms with Crippen molar-refractivity contribution >= 4 is 22.6 Å². The highest BCUT2D eigenvalue weighted by molar-refractivity contribution is 5.89. The Kier molecular flexibility index (Phi) is 6.28. The van der Waals surface area contributed by atoms with E-state index in [0.717, 1.165) is 16.7 Å². The van der Waals surface area contributed by atoms with E-state index in [9.17, 15) is 14.7 Å². The molecule has 1 heterocycles. The van der Waals surface area contributed by atoms with E-state index >= 15 is 0 Å². The SMILES string of the molecule is CCOc1ccc(NC(=O)N(CCO)Cc2cc3cc(C4CC4)cc(C4CC4)c3[nH]c2=O)cc1. The van der Waals surface area contributed by atoms with Crippen LogP contribution < -0.4 is 15.6 Å². The van der Waals surface area contributed by atoms with Gasteiger partial charge in [0.15, 0.2) is 0 Å². The van der Waals surface area contributed by atoms with E-state index in [1.165, 1.54) is 41.7 Å². The minimum Gasteiger partial charge on any atom is -0.494 e. The minimum absolute atomic E-state index is 0.112. The molecule has 2 aliphatic carbocycles. The monoisotopic (exact) mass is 461 g/mol. The van der Waals surface area contributed by atoms with E-state index in [1.807, 2.05) is 13.0 Å². The summed E-state index contributed by atoms with van der Waals surface area (Å²) in [5.74, 6) is 1.89. The number of benzene rings is 2. The summed E-state index contributed by atoms with van der Waals surface area (Å²) in [7, 11) is 0. The summed E-state index contributed by atoms with van der Waals surface area (Å²) in [6, 6.07) is 13.1. The number of nitrogens with zero attached hydrogens (tertiary/aromatic N) is 1. The molecule has 0 atom stereocenters. The second-order valence-corrected chi connectivity index (χ2v) is 9.28. The number of anilines is 1. The van der Waals surface area contributed by atoms with Gasteiger partial charge in [0.25, 0.3) is 5.56 Å². The Morgan fingerprint density at radius 2 is 1.85 bits per heavy atom. The average molecular weight is 462 g/mol. The summed E-state index contributed by atoms with van der Waals surface area (Å²) in [5.41, 5.74) is 4.47. The first-order chi connectivity index (χ1) is 16.6. The number of nitrogens with one attached hydrogen (secondary N) is 2. The van der Waals surface area contributed by atoms with Gasteiger partial charge in [-0.05, 0) is 97.4 Å². The van der Waals surface area contributed by atoms with Crippen LogP contribution in [0.3, 0.4) is 0 Å². The maximum Gasteiger partial charge on any atom is 0.322 e. The van der Waals surface area contributed by atoms with E-state index in [0.29, 0.717) is 29.7 Å². The van der Waals surface area contributed by atoms with Gasteiger partial charge in [-0.1, -0.05) is 6.07 Å². The van der Waals surface area contributed by atoms with Crippen LogP contribution in [0.15, 0.2) is 47.3 Å². The van der Waals surface area contributed by atoms with Crippen LogP contribution in [-0.2, 0) is 6.54 Å². The molecule has 0 radical (unpaired) electrons. The van der Waals surface area contributed by atoms with Gasteiger partial charge in [-0.25, -0.2) is 4.79 Å². The Hall–Kier alpha value is -3.32. The molecule has 178 valence electrons. The largest absolute Gasteiger partial charge is 0.494 e. The topological polar surface area (TPSA) is 94.7 Å². The Morgan fingerprint density at radius 1 is 1.12 bits per heavy atom. The minimum atomic E-state index is -0.372. The molecule has 2 aliphatic rings. The lowest BCUT2D eigenvalue weighted by molar-refractivity contribution is 0.185. The molecule has 3 aromatic rings. The van der Waals surface area contributed by atoms with Crippen molar-refractivity contribution in [3.8, 4) is 5.75 Å². The van der Waals surface area contributed by atoms with E-state index in [1.54, 1.807) is 24.3 Å². The number of fused-ring (bicyclic) bond motifs is 1. The average Bonchev–Trinajstić information content (AvgIpc) is 3.73. The molecule has 2 fully saturated rings. The first kappa shape index (κ1) is 22.5. The number of hydrogen-bond acceptors (Lipinski definition) is 4. The van der Waals surface area contributed by atoms with Gasteiger partial charge in [0.2, 0.25) is 0 Å². The molecular weight excluding hydrogens is 430 g/mol. The second kappa shape index (κ2) is 9.50. The molecule has 34 heavy (non-hydrogen) atoms. The van der Waals surface area contributed by atoms with Crippen LogP contribution in [-0.4, -0.2) is 40.8 Å². The Balaban J connectivity index is 1.39. The molecule has 2 aromatic carbocycles. The number of pyridine rings is 1. The van der Waals surface area contributed by atoms with Crippen molar-refractivity contribution in [3.05, 3.63) is 69.5 Å². The summed E-state index contributed by atoms with van der Waals surface area (Å²) in [6.45, 7) is 2.52. The number of rotatable bonds is 9. The van der Waals surface area contributed by atoms with Crippen LogP contribution in [0.1, 0.15) is 61.1 Å². The summed E-state index contributed by atoms with van der Waals surface area (Å²) < 4.78 is 5.44. The number of amides is 2. The number of aliphatic hydroxyl groups excluding tert-OH is 1. The lowest BCUT2D eigenvalue weighted by atomic mass is 9.98. The van der Waals surface area contributed by atoms with Crippen molar-refractivity contribution in [2.24, 2.45) is 0 Å². The van der Waals surface area contributed by atoms with E-state index < -0.39 is 0 Å². The molecule has 2 saturated carbocycles. The van der Waals surface area contributed by atoms with Crippen LogP contribution in [0.4, 0.5) is 10.5 Å². The zero-order valence-electron chi connectivity index (χ0n) is 19.5. The van der Waals surface area contributed by atoms with E-state index in [2.05, 4.69) is 22.4 Å². The van der Waals surface area contributed by atoms with E-state index in [4.69, 9.17) is 4.74 Å². The molecular formula is C27H31N3O4. The Bertz CT molecular complexity index is 1240. The van der Waals surface area contributed by atoms with Crippen molar-refractivity contribution in [2.45, 2.75) is 51.0 Å².